The Hall–Kier alpha value is -1.58. The summed E-state index contributed by atoms with van der Waals surface area (Å²) in [4.78, 5) is 16.5. The second kappa shape index (κ2) is 3.89. The van der Waals surface area contributed by atoms with Gasteiger partial charge < -0.3 is 4.74 Å². The minimum Gasteiger partial charge on any atom is -0.493 e. The Morgan fingerprint density at radius 3 is 2.85 bits per heavy atom. The fourth-order valence-electron chi connectivity index (χ4n) is 0.943. The molecule has 70 valence electrons. The third-order valence-electron chi connectivity index (χ3n) is 1.76. The van der Waals surface area contributed by atoms with Gasteiger partial charge in [-0.25, -0.2) is 4.98 Å². The first-order valence-corrected chi connectivity index (χ1v) is 3.90. The highest BCUT2D eigenvalue weighted by molar-refractivity contribution is 5.91. The molecule has 0 fully saturated rings. The van der Waals surface area contributed by atoms with Crippen molar-refractivity contribution < 1.29 is 9.53 Å². The summed E-state index contributed by atoms with van der Waals surface area (Å²) in [5.74, 6) is 1.06. The van der Waals surface area contributed by atoms with Crippen LogP contribution in [0.4, 0.5) is 5.82 Å². The summed E-state index contributed by atoms with van der Waals surface area (Å²) in [5, 5.41) is 0. The van der Waals surface area contributed by atoms with E-state index in [4.69, 9.17) is 4.74 Å². The summed E-state index contributed by atoms with van der Waals surface area (Å²) >= 11 is 0. The van der Waals surface area contributed by atoms with Crippen molar-refractivity contribution in [3.8, 4) is 5.75 Å². The maximum Gasteiger partial charge on any atom is 0.224 e. The molecule has 0 saturated carbocycles. The summed E-state index contributed by atoms with van der Waals surface area (Å²) in [6, 6.07) is 3.53. The van der Waals surface area contributed by atoms with E-state index in [2.05, 4.69) is 4.98 Å². The van der Waals surface area contributed by atoms with E-state index in [1.807, 2.05) is 0 Å². The summed E-state index contributed by atoms with van der Waals surface area (Å²) in [7, 11) is 3.21. The van der Waals surface area contributed by atoms with Crippen LogP contribution in [0.15, 0.2) is 18.3 Å². The Morgan fingerprint density at radius 1 is 1.62 bits per heavy atom. The third kappa shape index (κ3) is 1.96. The van der Waals surface area contributed by atoms with Crippen LogP contribution in [0.1, 0.15) is 6.92 Å². The standard InChI is InChI=1S/C9H12N2O2/c1-7(12)11(2)9-8(13-3)5-4-6-10-9/h4-6H,1-3H3. The zero-order chi connectivity index (χ0) is 9.84. The number of amides is 1. The smallest absolute Gasteiger partial charge is 0.224 e. The van der Waals surface area contributed by atoms with Crippen molar-refractivity contribution in [2.24, 2.45) is 0 Å². The molecule has 0 saturated heterocycles. The van der Waals surface area contributed by atoms with Crippen LogP contribution in [0, 0.1) is 0 Å². The van der Waals surface area contributed by atoms with Crippen LogP contribution >= 0.6 is 0 Å². The molecule has 1 amide bonds. The van der Waals surface area contributed by atoms with Gasteiger partial charge in [0.05, 0.1) is 7.11 Å². The first-order valence-electron chi connectivity index (χ1n) is 3.90. The highest BCUT2D eigenvalue weighted by Gasteiger charge is 2.11. The number of aromatic nitrogens is 1. The van der Waals surface area contributed by atoms with Gasteiger partial charge in [-0.15, -0.1) is 0 Å². The Kier molecular flexibility index (Phi) is 2.84. The molecule has 0 aliphatic carbocycles. The number of carbonyl (C=O) groups is 1. The van der Waals surface area contributed by atoms with Gasteiger partial charge in [0.1, 0.15) is 0 Å². The number of nitrogens with zero attached hydrogens (tertiary/aromatic N) is 2. The number of methoxy groups -OCH3 is 1. The van der Waals surface area contributed by atoms with Crippen molar-refractivity contribution in [2.75, 3.05) is 19.1 Å². The molecule has 0 radical (unpaired) electrons. The van der Waals surface area contributed by atoms with Gasteiger partial charge in [0, 0.05) is 20.2 Å². The summed E-state index contributed by atoms with van der Waals surface area (Å²) < 4.78 is 5.06. The topological polar surface area (TPSA) is 42.4 Å². The lowest BCUT2D eigenvalue weighted by molar-refractivity contribution is -0.116. The van der Waals surface area contributed by atoms with E-state index in [1.54, 1.807) is 32.5 Å². The second-order valence-electron chi connectivity index (χ2n) is 2.61. The monoisotopic (exact) mass is 180 g/mol. The number of ether oxygens (including phenoxy) is 1. The molecule has 0 aliphatic rings. The van der Waals surface area contributed by atoms with Crippen LogP contribution < -0.4 is 9.64 Å². The zero-order valence-corrected chi connectivity index (χ0v) is 7.94. The van der Waals surface area contributed by atoms with Gasteiger partial charge in [-0.1, -0.05) is 0 Å². The molecule has 0 bridgehead atoms. The van der Waals surface area contributed by atoms with Crippen LogP contribution in [0.3, 0.4) is 0 Å². The lowest BCUT2D eigenvalue weighted by Crippen LogP contribution is -2.24. The summed E-state index contributed by atoms with van der Waals surface area (Å²) in [5.41, 5.74) is 0. The maximum absolute atomic E-state index is 11.0. The predicted molar refractivity (Wildman–Crippen MR) is 49.9 cm³/mol. The number of carbonyl (C=O) groups excluding carboxylic acids is 1. The van der Waals surface area contributed by atoms with Crippen molar-refractivity contribution in [3.05, 3.63) is 18.3 Å². The van der Waals surface area contributed by atoms with Crippen LogP contribution in [0.2, 0.25) is 0 Å². The Balaban J connectivity index is 3.05. The van der Waals surface area contributed by atoms with Crippen LogP contribution in [-0.4, -0.2) is 25.0 Å². The quantitative estimate of drug-likeness (QED) is 0.683. The predicted octanol–water partition coefficient (Wildman–Crippen LogP) is 1.07. The molecule has 4 nitrogen and oxygen atoms in total. The number of hydrogen-bond acceptors (Lipinski definition) is 3. The number of anilines is 1. The molecular weight excluding hydrogens is 168 g/mol. The van der Waals surface area contributed by atoms with Gasteiger partial charge in [0.2, 0.25) is 5.91 Å². The molecule has 13 heavy (non-hydrogen) atoms. The number of rotatable bonds is 2. The lowest BCUT2D eigenvalue weighted by atomic mass is 10.4. The first kappa shape index (κ1) is 9.51. The van der Waals surface area contributed by atoms with Gasteiger partial charge >= 0.3 is 0 Å². The van der Waals surface area contributed by atoms with E-state index in [0.29, 0.717) is 11.6 Å². The SMILES string of the molecule is COc1cccnc1N(C)C(C)=O. The largest absolute Gasteiger partial charge is 0.493 e. The highest BCUT2D eigenvalue weighted by Crippen LogP contribution is 2.23. The van der Waals surface area contributed by atoms with Gasteiger partial charge in [0.25, 0.3) is 0 Å². The molecule has 1 heterocycles. The molecule has 4 heteroatoms. The van der Waals surface area contributed by atoms with Crippen molar-refractivity contribution >= 4 is 11.7 Å². The first-order chi connectivity index (χ1) is 6.16. The highest BCUT2D eigenvalue weighted by atomic mass is 16.5. The molecule has 1 rings (SSSR count). The van der Waals surface area contributed by atoms with Gasteiger partial charge in [-0.05, 0) is 12.1 Å². The van der Waals surface area contributed by atoms with Crippen molar-refractivity contribution in [2.45, 2.75) is 6.92 Å². The molecule has 1 aromatic heterocycles. The average molecular weight is 180 g/mol. The van der Waals surface area contributed by atoms with Gasteiger partial charge in [-0.3, -0.25) is 9.69 Å². The molecule has 0 aliphatic heterocycles. The third-order valence-corrected chi connectivity index (χ3v) is 1.76. The summed E-state index contributed by atoms with van der Waals surface area (Å²) in [6.45, 7) is 1.48. The second-order valence-corrected chi connectivity index (χ2v) is 2.61. The van der Waals surface area contributed by atoms with Gasteiger partial charge in [0.15, 0.2) is 11.6 Å². The minimum atomic E-state index is -0.0722. The van der Waals surface area contributed by atoms with Crippen molar-refractivity contribution in [1.82, 2.24) is 4.98 Å². The number of pyridine rings is 1. The molecule has 0 unspecified atom stereocenters. The molecular formula is C9H12N2O2. The fraction of sp³-hybridized carbons (Fsp3) is 0.333. The average Bonchev–Trinajstić information content (AvgIpc) is 2.16. The zero-order valence-electron chi connectivity index (χ0n) is 7.94. The lowest BCUT2D eigenvalue weighted by Gasteiger charge is -2.16. The van der Waals surface area contributed by atoms with Gasteiger partial charge in [-0.2, -0.15) is 0 Å². The summed E-state index contributed by atoms with van der Waals surface area (Å²) in [6.07, 6.45) is 1.62. The number of hydrogen-bond donors (Lipinski definition) is 0. The molecule has 1 aromatic rings. The normalized spacial score (nSPS) is 9.46. The minimum absolute atomic E-state index is 0.0722. The van der Waals surface area contributed by atoms with Crippen LogP contribution in [0.25, 0.3) is 0 Å². The Morgan fingerprint density at radius 2 is 2.31 bits per heavy atom. The van der Waals surface area contributed by atoms with E-state index >= 15 is 0 Å². The molecule has 0 aromatic carbocycles. The van der Waals surface area contributed by atoms with E-state index in [9.17, 15) is 4.79 Å². The molecule has 0 spiro atoms. The van der Waals surface area contributed by atoms with E-state index < -0.39 is 0 Å². The van der Waals surface area contributed by atoms with Crippen LogP contribution in [-0.2, 0) is 4.79 Å². The van der Waals surface area contributed by atoms with E-state index in [0.717, 1.165) is 0 Å². The molecule has 0 N–H and O–H groups in total. The molecule has 0 atom stereocenters. The fourth-order valence-corrected chi connectivity index (χ4v) is 0.943. The Labute approximate surface area is 77.1 Å². The van der Waals surface area contributed by atoms with Crippen molar-refractivity contribution in [1.29, 1.82) is 0 Å². The maximum atomic E-state index is 11.0. The van der Waals surface area contributed by atoms with Crippen LogP contribution in [0.5, 0.6) is 5.75 Å². The van der Waals surface area contributed by atoms with Crippen molar-refractivity contribution in [3.63, 3.8) is 0 Å². The Bertz CT molecular complexity index is 312. The van der Waals surface area contributed by atoms with E-state index in [1.165, 1.54) is 11.8 Å². The van der Waals surface area contributed by atoms with E-state index in [-0.39, 0.29) is 5.91 Å².